The number of carbonyl (C=O) groups is 1. The molecule has 0 N–H and O–H groups in total. The van der Waals surface area contributed by atoms with E-state index in [1.165, 1.54) is 11.8 Å². The lowest BCUT2D eigenvalue weighted by atomic mass is 10.1. The molecule has 0 amide bonds. The Balaban J connectivity index is 2.19. The smallest absolute Gasteiger partial charge is 0.224 e. The van der Waals surface area contributed by atoms with Gasteiger partial charge in [-0.3, -0.25) is 4.79 Å². The normalized spacial score (nSPS) is 9.75. The van der Waals surface area contributed by atoms with Crippen LogP contribution in [0.3, 0.4) is 0 Å². The Morgan fingerprint density at radius 3 is 2.55 bits per heavy atom. The summed E-state index contributed by atoms with van der Waals surface area (Å²) in [4.78, 5) is 13.2. The number of allylic oxidation sites excluding steroid dienone is 1. The van der Waals surface area contributed by atoms with Crippen LogP contribution in [0.25, 0.3) is 0 Å². The number of hydrogen-bond acceptors (Lipinski definition) is 3. The average Bonchev–Trinajstić information content (AvgIpc) is 2.49. The van der Waals surface area contributed by atoms with Gasteiger partial charge in [0.1, 0.15) is 0 Å². The maximum absolute atomic E-state index is 12.3. The highest BCUT2D eigenvalue weighted by Crippen LogP contribution is 2.25. The number of thioether (sulfide) groups is 1. The third kappa shape index (κ3) is 3.37. The predicted octanol–water partition coefficient (Wildman–Crippen LogP) is 4.22. The molecule has 0 spiro atoms. The number of carbonyl (C=O) groups excluding carboxylic acids is 1. The molecule has 0 aliphatic rings. The second-order valence-corrected chi connectivity index (χ2v) is 5.22. The summed E-state index contributed by atoms with van der Waals surface area (Å²) in [6.07, 6.45) is 2.47. The first-order valence-corrected chi connectivity index (χ1v) is 6.97. The topological polar surface area (TPSA) is 40.9 Å². The molecule has 0 fully saturated rings. The Morgan fingerprint density at radius 2 is 1.90 bits per heavy atom. The van der Waals surface area contributed by atoms with Crippen molar-refractivity contribution in [2.24, 2.45) is 0 Å². The summed E-state index contributed by atoms with van der Waals surface area (Å²) in [6.45, 7) is 3.71. The Morgan fingerprint density at radius 1 is 1.20 bits per heavy atom. The number of benzene rings is 2. The van der Waals surface area contributed by atoms with E-state index in [0.717, 1.165) is 10.5 Å². The minimum Gasteiger partial charge on any atom is -0.281 e. The second-order valence-electron chi connectivity index (χ2n) is 4.18. The molecule has 0 aliphatic heterocycles. The first kappa shape index (κ1) is 14.1. The second kappa shape index (κ2) is 6.74. The van der Waals surface area contributed by atoms with Crippen LogP contribution in [-0.4, -0.2) is 5.12 Å². The molecule has 0 radical (unpaired) electrons. The zero-order chi connectivity index (χ0) is 14.4. The molecule has 2 aromatic carbocycles. The van der Waals surface area contributed by atoms with Crippen molar-refractivity contribution in [3.63, 3.8) is 0 Å². The van der Waals surface area contributed by atoms with E-state index in [1.807, 2.05) is 24.3 Å². The van der Waals surface area contributed by atoms with Gasteiger partial charge < -0.3 is 0 Å². The van der Waals surface area contributed by atoms with Gasteiger partial charge >= 0.3 is 0 Å². The Kier molecular flexibility index (Phi) is 4.75. The SMILES string of the molecule is C=CCc1ccccc1C(=O)Sc1ccc(C#N)cc1. The quantitative estimate of drug-likeness (QED) is 0.621. The Hall–Kier alpha value is -2.31. The van der Waals surface area contributed by atoms with Crippen LogP contribution in [0.2, 0.25) is 0 Å². The van der Waals surface area contributed by atoms with E-state index in [-0.39, 0.29) is 5.12 Å². The van der Waals surface area contributed by atoms with Crippen molar-refractivity contribution in [3.8, 4) is 6.07 Å². The molecule has 0 saturated carbocycles. The van der Waals surface area contributed by atoms with Crippen LogP contribution in [0.1, 0.15) is 21.5 Å². The van der Waals surface area contributed by atoms with Crippen LogP contribution >= 0.6 is 11.8 Å². The van der Waals surface area contributed by atoms with Gasteiger partial charge in [-0.1, -0.05) is 30.3 Å². The number of hydrogen-bond donors (Lipinski definition) is 0. The maximum Gasteiger partial charge on any atom is 0.224 e. The van der Waals surface area contributed by atoms with E-state index in [1.54, 1.807) is 30.3 Å². The molecular weight excluding hydrogens is 266 g/mol. The molecule has 2 rings (SSSR count). The highest BCUT2D eigenvalue weighted by molar-refractivity contribution is 8.14. The molecule has 0 unspecified atom stereocenters. The van der Waals surface area contributed by atoms with E-state index in [4.69, 9.17) is 5.26 Å². The van der Waals surface area contributed by atoms with Crippen LogP contribution in [-0.2, 0) is 6.42 Å². The molecule has 0 aromatic heterocycles. The van der Waals surface area contributed by atoms with Gasteiger partial charge in [0.05, 0.1) is 11.6 Å². The maximum atomic E-state index is 12.3. The number of rotatable bonds is 4. The van der Waals surface area contributed by atoms with Crippen LogP contribution < -0.4 is 0 Å². The van der Waals surface area contributed by atoms with Crippen molar-refractivity contribution in [1.29, 1.82) is 5.26 Å². The van der Waals surface area contributed by atoms with Gasteiger partial charge in [-0.25, -0.2) is 0 Å². The molecule has 98 valence electrons. The largest absolute Gasteiger partial charge is 0.281 e. The summed E-state index contributed by atoms with van der Waals surface area (Å²) in [5.41, 5.74) is 2.28. The van der Waals surface area contributed by atoms with Crippen LogP contribution in [0.4, 0.5) is 0 Å². The molecule has 0 bridgehead atoms. The zero-order valence-electron chi connectivity index (χ0n) is 10.9. The van der Waals surface area contributed by atoms with Crippen LogP contribution in [0.15, 0.2) is 66.1 Å². The van der Waals surface area contributed by atoms with Crippen molar-refractivity contribution in [1.82, 2.24) is 0 Å². The van der Waals surface area contributed by atoms with Crippen molar-refractivity contribution in [2.75, 3.05) is 0 Å². The van der Waals surface area contributed by atoms with E-state index >= 15 is 0 Å². The van der Waals surface area contributed by atoms with Crippen molar-refractivity contribution in [2.45, 2.75) is 11.3 Å². The lowest BCUT2D eigenvalue weighted by molar-refractivity contribution is 0.108. The predicted molar refractivity (Wildman–Crippen MR) is 81.7 cm³/mol. The lowest BCUT2D eigenvalue weighted by Gasteiger charge is -2.06. The van der Waals surface area contributed by atoms with Gasteiger partial charge in [-0.2, -0.15) is 5.26 Å². The summed E-state index contributed by atoms with van der Waals surface area (Å²) in [5.74, 6) is 0. The first-order valence-electron chi connectivity index (χ1n) is 6.15. The molecule has 2 aromatic rings. The molecule has 3 heteroatoms. The van der Waals surface area contributed by atoms with E-state index < -0.39 is 0 Å². The molecule has 0 saturated heterocycles. The molecule has 0 heterocycles. The number of nitrogens with zero attached hydrogens (tertiary/aromatic N) is 1. The fourth-order valence-corrected chi connectivity index (χ4v) is 2.61. The Labute approximate surface area is 122 Å². The van der Waals surface area contributed by atoms with E-state index in [9.17, 15) is 4.79 Å². The van der Waals surface area contributed by atoms with Gasteiger partial charge in [-0.05, 0) is 48.0 Å². The summed E-state index contributed by atoms with van der Waals surface area (Å²) in [6, 6.07) is 16.6. The first-order chi connectivity index (χ1) is 9.74. The monoisotopic (exact) mass is 279 g/mol. The summed E-state index contributed by atoms with van der Waals surface area (Å²) >= 11 is 1.17. The minimum absolute atomic E-state index is 0.00663. The molecule has 20 heavy (non-hydrogen) atoms. The average molecular weight is 279 g/mol. The van der Waals surface area contributed by atoms with Crippen LogP contribution in [0, 0.1) is 11.3 Å². The van der Waals surface area contributed by atoms with E-state index in [2.05, 4.69) is 12.6 Å². The third-order valence-corrected chi connectivity index (χ3v) is 3.71. The fourth-order valence-electron chi connectivity index (χ4n) is 1.81. The summed E-state index contributed by atoms with van der Waals surface area (Å²) in [7, 11) is 0. The highest BCUT2D eigenvalue weighted by Gasteiger charge is 2.11. The van der Waals surface area contributed by atoms with Gasteiger partial charge in [0.25, 0.3) is 0 Å². The number of nitriles is 1. The Bertz CT molecular complexity index is 668. The van der Waals surface area contributed by atoms with Crippen LogP contribution in [0.5, 0.6) is 0 Å². The van der Waals surface area contributed by atoms with Gasteiger partial charge in [0.15, 0.2) is 0 Å². The zero-order valence-corrected chi connectivity index (χ0v) is 11.7. The van der Waals surface area contributed by atoms with Gasteiger partial charge in [0, 0.05) is 10.5 Å². The van der Waals surface area contributed by atoms with Gasteiger partial charge in [-0.15, -0.1) is 6.58 Å². The fraction of sp³-hybridized carbons (Fsp3) is 0.0588. The highest BCUT2D eigenvalue weighted by atomic mass is 32.2. The standard InChI is InChI=1S/C17H13NOS/c1-2-5-14-6-3-4-7-16(14)17(19)20-15-10-8-13(12-18)9-11-15/h2-4,6-11H,1,5H2. The van der Waals surface area contributed by atoms with Gasteiger partial charge in [0.2, 0.25) is 5.12 Å². The molecule has 2 nitrogen and oxygen atoms in total. The van der Waals surface area contributed by atoms with Crippen molar-refractivity contribution >= 4 is 16.9 Å². The summed E-state index contributed by atoms with van der Waals surface area (Å²) < 4.78 is 0. The molecule has 0 aliphatic carbocycles. The molecular formula is C17H13NOS. The lowest BCUT2D eigenvalue weighted by Crippen LogP contribution is -1.99. The minimum atomic E-state index is 0.00663. The van der Waals surface area contributed by atoms with Crippen molar-refractivity contribution in [3.05, 3.63) is 77.9 Å². The molecule has 0 atom stereocenters. The summed E-state index contributed by atoms with van der Waals surface area (Å²) in [5, 5.41) is 8.76. The van der Waals surface area contributed by atoms with Crippen molar-refractivity contribution < 1.29 is 4.79 Å². The third-order valence-electron chi connectivity index (χ3n) is 2.80. The van der Waals surface area contributed by atoms with E-state index in [0.29, 0.717) is 17.5 Å².